The Morgan fingerprint density at radius 3 is 2.31 bits per heavy atom. The summed E-state index contributed by atoms with van der Waals surface area (Å²) in [5.41, 5.74) is 2.90. The van der Waals surface area contributed by atoms with Crippen LogP contribution in [0.3, 0.4) is 0 Å². The zero-order chi connectivity index (χ0) is 20.8. The number of rotatable bonds is 8. The first-order valence-electron chi connectivity index (χ1n) is 8.77. The van der Waals surface area contributed by atoms with E-state index in [0.717, 1.165) is 16.8 Å². The Hall–Kier alpha value is -2.89. The summed E-state index contributed by atoms with van der Waals surface area (Å²) in [5, 5.41) is 13.3. The lowest BCUT2D eigenvalue weighted by atomic mass is 10.1. The third-order valence-electron chi connectivity index (χ3n) is 4.21. The highest BCUT2D eigenvalue weighted by molar-refractivity contribution is 6.32. The fraction of sp³-hybridized carbons (Fsp3) is 0.136. The molecule has 150 valence electrons. The first-order chi connectivity index (χ1) is 14.0. The number of aromatic carboxylic acids is 1. The number of hydrogen-bond acceptors (Lipinski definition) is 4. The Labute approximate surface area is 178 Å². The Kier molecular flexibility index (Phi) is 6.86. The highest BCUT2D eigenvalue weighted by Gasteiger charge is 2.13. The van der Waals surface area contributed by atoms with E-state index < -0.39 is 5.97 Å². The number of benzene rings is 3. The molecule has 0 aliphatic heterocycles. The van der Waals surface area contributed by atoms with E-state index >= 15 is 0 Å². The van der Waals surface area contributed by atoms with Gasteiger partial charge in [-0.25, -0.2) is 4.79 Å². The fourth-order valence-electron chi connectivity index (χ4n) is 2.69. The van der Waals surface area contributed by atoms with Crippen LogP contribution in [0.2, 0.25) is 10.0 Å². The first kappa shape index (κ1) is 20.8. The van der Waals surface area contributed by atoms with Gasteiger partial charge < -0.3 is 19.9 Å². The Bertz CT molecular complexity index is 989. The van der Waals surface area contributed by atoms with E-state index in [-0.39, 0.29) is 5.56 Å². The first-order valence-corrected chi connectivity index (χ1v) is 9.52. The molecule has 0 bridgehead atoms. The molecule has 5 nitrogen and oxygen atoms in total. The van der Waals surface area contributed by atoms with Crippen molar-refractivity contribution in [3.63, 3.8) is 0 Å². The number of nitrogens with one attached hydrogen (secondary N) is 1. The maximum atomic E-state index is 10.9. The summed E-state index contributed by atoms with van der Waals surface area (Å²) in [5.74, 6) is 0.0467. The van der Waals surface area contributed by atoms with Gasteiger partial charge in [0, 0.05) is 17.3 Å². The highest BCUT2D eigenvalue weighted by Crippen LogP contribution is 2.37. The van der Waals surface area contributed by atoms with E-state index in [1.165, 1.54) is 0 Å². The molecule has 0 spiro atoms. The predicted molar refractivity (Wildman–Crippen MR) is 115 cm³/mol. The van der Waals surface area contributed by atoms with Crippen molar-refractivity contribution >= 4 is 34.9 Å². The van der Waals surface area contributed by atoms with Crippen molar-refractivity contribution in [1.82, 2.24) is 0 Å². The average molecular weight is 432 g/mol. The maximum Gasteiger partial charge on any atom is 0.335 e. The normalized spacial score (nSPS) is 10.4. The quantitative estimate of drug-likeness (QED) is 0.465. The zero-order valence-electron chi connectivity index (χ0n) is 15.6. The molecule has 0 atom stereocenters. The molecule has 0 saturated heterocycles. The van der Waals surface area contributed by atoms with Crippen LogP contribution < -0.4 is 14.8 Å². The summed E-state index contributed by atoms with van der Waals surface area (Å²) in [7, 11) is 1.56. The third kappa shape index (κ3) is 5.56. The Morgan fingerprint density at radius 2 is 1.69 bits per heavy atom. The largest absolute Gasteiger partial charge is 0.493 e. The van der Waals surface area contributed by atoms with Gasteiger partial charge in [-0.1, -0.05) is 35.3 Å². The minimum Gasteiger partial charge on any atom is -0.493 e. The van der Waals surface area contributed by atoms with Crippen molar-refractivity contribution < 1.29 is 19.4 Å². The molecule has 7 heteroatoms. The smallest absolute Gasteiger partial charge is 0.335 e. The predicted octanol–water partition coefficient (Wildman–Crippen LogP) is 5.89. The molecule has 0 saturated carbocycles. The number of hydrogen-bond donors (Lipinski definition) is 2. The van der Waals surface area contributed by atoms with Crippen LogP contribution >= 0.6 is 23.2 Å². The van der Waals surface area contributed by atoms with Crippen LogP contribution in [0, 0.1) is 0 Å². The van der Waals surface area contributed by atoms with E-state index in [1.807, 2.05) is 18.2 Å². The summed E-state index contributed by atoms with van der Waals surface area (Å²) in [4.78, 5) is 10.9. The Balaban J connectivity index is 1.68. The van der Waals surface area contributed by atoms with Crippen molar-refractivity contribution in [3.05, 3.63) is 87.4 Å². The molecule has 0 aliphatic carbocycles. The second kappa shape index (κ2) is 9.54. The van der Waals surface area contributed by atoms with Crippen LogP contribution in [0.1, 0.15) is 21.5 Å². The molecule has 0 aliphatic rings. The number of methoxy groups -OCH3 is 1. The van der Waals surface area contributed by atoms with Crippen molar-refractivity contribution in [2.45, 2.75) is 13.2 Å². The van der Waals surface area contributed by atoms with Crippen LogP contribution in [0.4, 0.5) is 5.69 Å². The van der Waals surface area contributed by atoms with E-state index in [9.17, 15) is 4.79 Å². The lowest BCUT2D eigenvalue weighted by molar-refractivity contribution is 0.0697. The molecule has 2 N–H and O–H groups in total. The summed E-state index contributed by atoms with van der Waals surface area (Å²) in [6.45, 7) is 0.820. The van der Waals surface area contributed by atoms with E-state index in [4.69, 9.17) is 37.8 Å². The highest BCUT2D eigenvalue weighted by atomic mass is 35.5. The standard InChI is InChI=1S/C22H19Cl2NO4/c1-28-20-11-15(12-25-18-8-4-16(5-9-18)22(26)27)10-19(24)21(20)29-13-14-2-6-17(23)7-3-14/h2-11,25H,12-13H2,1H3,(H,26,27). The maximum absolute atomic E-state index is 10.9. The lowest BCUT2D eigenvalue weighted by Crippen LogP contribution is -2.03. The van der Waals surface area contributed by atoms with Gasteiger partial charge in [0.25, 0.3) is 0 Å². The van der Waals surface area contributed by atoms with Crippen LogP contribution in [0.25, 0.3) is 0 Å². The number of carbonyl (C=O) groups is 1. The van der Waals surface area contributed by atoms with Crippen molar-refractivity contribution in [2.24, 2.45) is 0 Å². The third-order valence-corrected chi connectivity index (χ3v) is 4.75. The molecule has 0 aromatic heterocycles. The second-order valence-corrected chi connectivity index (χ2v) is 7.10. The molecule has 0 radical (unpaired) electrons. The van der Waals surface area contributed by atoms with E-state index in [0.29, 0.717) is 34.7 Å². The van der Waals surface area contributed by atoms with Gasteiger partial charge in [0.15, 0.2) is 11.5 Å². The van der Waals surface area contributed by atoms with Crippen molar-refractivity contribution in [3.8, 4) is 11.5 Å². The summed E-state index contributed by atoms with van der Waals surface area (Å²) < 4.78 is 11.3. The molecule has 29 heavy (non-hydrogen) atoms. The van der Waals surface area contributed by atoms with Gasteiger partial charge in [0.2, 0.25) is 0 Å². The number of carboxylic acids is 1. The topological polar surface area (TPSA) is 67.8 Å². The molecular weight excluding hydrogens is 413 g/mol. The summed E-state index contributed by atoms with van der Waals surface area (Å²) >= 11 is 12.3. The molecule has 3 aromatic carbocycles. The molecule has 0 unspecified atom stereocenters. The van der Waals surface area contributed by atoms with Crippen molar-refractivity contribution in [1.29, 1.82) is 0 Å². The molecule has 3 aromatic rings. The van der Waals surface area contributed by atoms with Crippen LogP contribution in [-0.4, -0.2) is 18.2 Å². The monoisotopic (exact) mass is 431 g/mol. The van der Waals surface area contributed by atoms with E-state index in [1.54, 1.807) is 49.6 Å². The van der Waals surface area contributed by atoms with Crippen molar-refractivity contribution in [2.75, 3.05) is 12.4 Å². The minimum absolute atomic E-state index is 0.238. The average Bonchev–Trinajstić information content (AvgIpc) is 2.72. The molecule has 0 fully saturated rings. The van der Waals surface area contributed by atoms with Gasteiger partial charge >= 0.3 is 5.97 Å². The molecule has 0 amide bonds. The zero-order valence-corrected chi connectivity index (χ0v) is 17.1. The van der Waals surface area contributed by atoms with Gasteiger partial charge in [-0.05, 0) is 59.7 Å². The summed E-state index contributed by atoms with van der Waals surface area (Å²) in [6.07, 6.45) is 0. The number of halogens is 2. The van der Waals surface area contributed by atoms with Crippen LogP contribution in [0.5, 0.6) is 11.5 Å². The number of carboxylic acid groups (broad SMARTS) is 1. The van der Waals surface area contributed by atoms with Gasteiger partial charge in [-0.2, -0.15) is 0 Å². The second-order valence-electron chi connectivity index (χ2n) is 6.26. The molecular formula is C22H19Cl2NO4. The Morgan fingerprint density at radius 1 is 1.00 bits per heavy atom. The molecule has 0 heterocycles. The van der Waals surface area contributed by atoms with E-state index in [2.05, 4.69) is 5.32 Å². The fourth-order valence-corrected chi connectivity index (χ4v) is 3.10. The SMILES string of the molecule is COc1cc(CNc2ccc(C(=O)O)cc2)cc(Cl)c1OCc1ccc(Cl)cc1. The number of ether oxygens (including phenoxy) is 2. The number of anilines is 1. The summed E-state index contributed by atoms with van der Waals surface area (Å²) in [6, 6.07) is 17.6. The van der Waals surface area contributed by atoms with Crippen LogP contribution in [0.15, 0.2) is 60.7 Å². The van der Waals surface area contributed by atoms with Gasteiger partial charge in [-0.3, -0.25) is 0 Å². The van der Waals surface area contributed by atoms with Gasteiger partial charge in [0.1, 0.15) is 6.61 Å². The molecule has 3 rings (SSSR count). The lowest BCUT2D eigenvalue weighted by Gasteiger charge is -2.15. The van der Waals surface area contributed by atoms with Gasteiger partial charge in [-0.15, -0.1) is 0 Å². The minimum atomic E-state index is -0.956. The van der Waals surface area contributed by atoms with Gasteiger partial charge in [0.05, 0.1) is 17.7 Å². The van der Waals surface area contributed by atoms with Crippen LogP contribution in [-0.2, 0) is 13.2 Å².